The number of nitrogens with two attached hydrogens (primary N) is 1. The minimum absolute atomic E-state index is 0.0147. The molecule has 0 saturated carbocycles. The molecule has 0 saturated heterocycles. The number of aryl methyl sites for hydroxylation is 1. The number of thiophene rings is 1. The van der Waals surface area contributed by atoms with E-state index < -0.39 is 20.8 Å². The Bertz CT molecular complexity index is 752. The highest BCUT2D eigenvalue weighted by Gasteiger charge is 2.17. The van der Waals surface area contributed by atoms with Gasteiger partial charge in [-0.1, -0.05) is 17.7 Å². The molecular formula is C11H10ClNO3S3. The molecule has 0 unspecified atom stereocenters. The summed E-state index contributed by atoms with van der Waals surface area (Å²) in [5.41, 5.74) is 0.960. The molecule has 2 N–H and O–H groups in total. The van der Waals surface area contributed by atoms with Crippen molar-refractivity contribution in [2.45, 2.75) is 20.2 Å². The molecule has 0 fully saturated rings. The van der Waals surface area contributed by atoms with E-state index in [1.54, 1.807) is 18.2 Å². The molecule has 1 aromatic heterocycles. The topological polar surface area (TPSA) is 77.2 Å². The molecule has 0 aliphatic heterocycles. The van der Waals surface area contributed by atoms with Crippen molar-refractivity contribution in [3.8, 4) is 0 Å². The van der Waals surface area contributed by atoms with Gasteiger partial charge in [-0.2, -0.15) is 0 Å². The predicted octanol–water partition coefficient (Wildman–Crippen LogP) is 2.52. The van der Waals surface area contributed by atoms with Gasteiger partial charge in [-0.3, -0.25) is 0 Å². The van der Waals surface area contributed by atoms with Gasteiger partial charge in [-0.05, 0) is 36.8 Å². The Morgan fingerprint density at radius 3 is 2.47 bits per heavy atom. The Balaban J connectivity index is 2.42. The van der Waals surface area contributed by atoms with Crippen molar-refractivity contribution in [2.24, 2.45) is 5.14 Å². The zero-order chi connectivity index (χ0) is 14.2. The molecule has 2 rings (SSSR count). The van der Waals surface area contributed by atoms with Crippen LogP contribution in [0.25, 0.3) is 0 Å². The molecule has 2 aromatic rings. The van der Waals surface area contributed by atoms with Crippen LogP contribution in [0.2, 0.25) is 5.02 Å². The van der Waals surface area contributed by atoms with Crippen molar-refractivity contribution < 1.29 is 12.6 Å². The van der Waals surface area contributed by atoms with Gasteiger partial charge in [0.25, 0.3) is 0 Å². The molecule has 0 spiro atoms. The first-order chi connectivity index (χ1) is 8.79. The molecule has 1 atom stereocenters. The van der Waals surface area contributed by atoms with E-state index in [1.807, 2.05) is 6.92 Å². The third kappa shape index (κ3) is 3.24. The van der Waals surface area contributed by atoms with E-state index in [0.29, 0.717) is 14.1 Å². The molecule has 0 aliphatic rings. The van der Waals surface area contributed by atoms with Gasteiger partial charge in [0, 0.05) is 0 Å². The van der Waals surface area contributed by atoms with E-state index in [4.69, 9.17) is 16.7 Å². The average molecular weight is 336 g/mol. The summed E-state index contributed by atoms with van der Waals surface area (Å²) >= 11 is 6.92. The second-order valence-electron chi connectivity index (χ2n) is 3.82. The standard InChI is InChI=1S/C11H10ClNO3S3/c1-7-2-3-9(8(12)6-7)18(14)10-4-5-11(17-10)19(13,15)16/h2-6H,1H3,(H2,13,15,16)/t18-/m0/s1. The van der Waals surface area contributed by atoms with Crippen LogP contribution >= 0.6 is 22.9 Å². The molecule has 4 nitrogen and oxygen atoms in total. The van der Waals surface area contributed by atoms with E-state index in [0.717, 1.165) is 16.9 Å². The van der Waals surface area contributed by atoms with Gasteiger partial charge in [0.05, 0.1) is 24.9 Å². The highest BCUT2D eigenvalue weighted by atomic mass is 35.5. The van der Waals surface area contributed by atoms with Gasteiger partial charge in [0.1, 0.15) is 4.21 Å². The minimum Gasteiger partial charge on any atom is -0.248 e. The molecule has 1 aromatic carbocycles. The maximum absolute atomic E-state index is 12.3. The van der Waals surface area contributed by atoms with Crippen molar-refractivity contribution >= 4 is 43.8 Å². The summed E-state index contributed by atoms with van der Waals surface area (Å²) in [7, 11) is -5.28. The van der Waals surface area contributed by atoms with Crippen LogP contribution in [0.5, 0.6) is 0 Å². The lowest BCUT2D eigenvalue weighted by Gasteiger charge is -2.03. The summed E-state index contributed by atoms with van der Waals surface area (Å²) in [4.78, 5) is 0.454. The summed E-state index contributed by atoms with van der Waals surface area (Å²) in [6, 6.07) is 8.01. The number of hydrogen-bond donors (Lipinski definition) is 1. The zero-order valence-electron chi connectivity index (χ0n) is 9.79. The van der Waals surface area contributed by atoms with E-state index in [9.17, 15) is 12.6 Å². The first kappa shape index (κ1) is 14.7. The normalized spacial score (nSPS) is 13.4. The highest BCUT2D eigenvalue weighted by Crippen LogP contribution is 2.30. The van der Waals surface area contributed by atoms with Crippen LogP contribution in [0.4, 0.5) is 0 Å². The van der Waals surface area contributed by atoms with Crippen LogP contribution in [0.15, 0.2) is 43.6 Å². The van der Waals surface area contributed by atoms with Gasteiger partial charge in [0.15, 0.2) is 0 Å². The number of primary sulfonamides is 1. The minimum atomic E-state index is -3.76. The smallest absolute Gasteiger partial charge is 0.247 e. The Labute approximate surface area is 122 Å². The maximum Gasteiger partial charge on any atom is 0.247 e. The molecule has 1 heterocycles. The van der Waals surface area contributed by atoms with E-state index in [2.05, 4.69) is 0 Å². The highest BCUT2D eigenvalue weighted by molar-refractivity contribution is 7.92. The Kier molecular flexibility index (Phi) is 4.12. The fourth-order valence-electron chi connectivity index (χ4n) is 1.42. The monoisotopic (exact) mass is 335 g/mol. The molecule has 0 radical (unpaired) electrons. The van der Waals surface area contributed by atoms with E-state index in [-0.39, 0.29) is 4.21 Å². The van der Waals surface area contributed by atoms with Gasteiger partial charge >= 0.3 is 0 Å². The lowest BCUT2D eigenvalue weighted by Crippen LogP contribution is -2.09. The third-order valence-electron chi connectivity index (χ3n) is 2.31. The lowest BCUT2D eigenvalue weighted by molar-refractivity contribution is 0.600. The summed E-state index contributed by atoms with van der Waals surface area (Å²) in [6.07, 6.45) is 0. The second-order valence-corrected chi connectivity index (χ2v) is 8.78. The number of halogens is 1. The van der Waals surface area contributed by atoms with Gasteiger partial charge in [-0.25, -0.2) is 17.8 Å². The second kappa shape index (κ2) is 5.34. The van der Waals surface area contributed by atoms with Crippen molar-refractivity contribution in [3.05, 3.63) is 40.9 Å². The van der Waals surface area contributed by atoms with E-state index in [1.165, 1.54) is 12.1 Å². The Morgan fingerprint density at radius 2 is 1.95 bits per heavy atom. The molecule has 8 heteroatoms. The predicted molar refractivity (Wildman–Crippen MR) is 76.6 cm³/mol. The van der Waals surface area contributed by atoms with Crippen LogP contribution in [0, 0.1) is 6.92 Å². The van der Waals surface area contributed by atoms with Gasteiger partial charge in [0.2, 0.25) is 10.0 Å². The van der Waals surface area contributed by atoms with Crippen LogP contribution in [-0.2, 0) is 20.8 Å². The molecule has 0 bridgehead atoms. The number of hydrogen-bond acceptors (Lipinski definition) is 4. The molecule has 0 aliphatic carbocycles. The van der Waals surface area contributed by atoms with Crippen molar-refractivity contribution in [3.63, 3.8) is 0 Å². The number of benzene rings is 1. The van der Waals surface area contributed by atoms with Crippen LogP contribution in [0.3, 0.4) is 0 Å². The molecular weight excluding hydrogens is 326 g/mol. The van der Waals surface area contributed by atoms with Crippen molar-refractivity contribution in [1.29, 1.82) is 0 Å². The van der Waals surface area contributed by atoms with Gasteiger partial charge in [-0.15, -0.1) is 11.3 Å². The number of sulfonamides is 1. The van der Waals surface area contributed by atoms with Crippen LogP contribution < -0.4 is 5.14 Å². The van der Waals surface area contributed by atoms with Crippen LogP contribution in [0.1, 0.15) is 5.56 Å². The summed E-state index contributed by atoms with van der Waals surface area (Å²) < 4.78 is 35.1. The average Bonchev–Trinajstić information content (AvgIpc) is 2.76. The zero-order valence-corrected chi connectivity index (χ0v) is 13.0. The number of rotatable bonds is 3. The molecule has 0 amide bonds. The van der Waals surface area contributed by atoms with Gasteiger partial charge < -0.3 is 0 Å². The fourth-order valence-corrected chi connectivity index (χ4v) is 5.16. The fraction of sp³-hybridized carbons (Fsp3) is 0.0909. The molecule has 102 valence electrons. The lowest BCUT2D eigenvalue weighted by atomic mass is 10.2. The van der Waals surface area contributed by atoms with E-state index >= 15 is 0 Å². The Morgan fingerprint density at radius 1 is 1.26 bits per heavy atom. The Hall–Kier alpha value is -0.730. The first-order valence-corrected chi connectivity index (χ1v) is 8.98. The maximum atomic E-state index is 12.3. The molecule has 19 heavy (non-hydrogen) atoms. The summed E-state index contributed by atoms with van der Waals surface area (Å²) in [5, 5.41) is 5.41. The quantitative estimate of drug-likeness (QED) is 0.936. The largest absolute Gasteiger partial charge is 0.248 e. The first-order valence-electron chi connectivity index (χ1n) is 5.09. The van der Waals surface area contributed by atoms with Crippen molar-refractivity contribution in [2.75, 3.05) is 0 Å². The SMILES string of the molecule is Cc1ccc([S@](=O)c2ccc(S(N)(=O)=O)s2)c(Cl)c1. The van der Waals surface area contributed by atoms with Crippen molar-refractivity contribution in [1.82, 2.24) is 0 Å². The van der Waals surface area contributed by atoms with Crippen LogP contribution in [-0.4, -0.2) is 12.6 Å². The summed E-state index contributed by atoms with van der Waals surface area (Å²) in [5.74, 6) is 0. The third-order valence-corrected chi connectivity index (χ3v) is 7.01. The summed E-state index contributed by atoms with van der Waals surface area (Å²) in [6.45, 7) is 1.88.